The molecule has 2 rings (SSSR count). The number of halogens is 4. The van der Waals surface area contributed by atoms with Gasteiger partial charge in [-0.15, -0.1) is 0 Å². The van der Waals surface area contributed by atoms with Crippen LogP contribution < -0.4 is 5.32 Å². The van der Waals surface area contributed by atoms with Gasteiger partial charge >= 0.3 is 6.18 Å². The third-order valence-electron chi connectivity index (χ3n) is 3.57. The van der Waals surface area contributed by atoms with E-state index in [9.17, 15) is 23.3 Å². The van der Waals surface area contributed by atoms with Gasteiger partial charge in [-0.2, -0.15) is 13.2 Å². The van der Waals surface area contributed by atoms with Crippen LogP contribution in [0.1, 0.15) is 12.8 Å². The van der Waals surface area contributed by atoms with Crippen molar-refractivity contribution in [1.82, 2.24) is 4.90 Å². The second-order valence-electron chi connectivity index (χ2n) is 5.18. The Hall–Kier alpha value is -1.61. The van der Waals surface area contributed by atoms with Crippen molar-refractivity contribution in [1.29, 1.82) is 0 Å². The van der Waals surface area contributed by atoms with Crippen LogP contribution in [-0.2, 0) is 0 Å². The smallest absolute Gasteiger partial charge is 0.348 e. The van der Waals surface area contributed by atoms with Gasteiger partial charge in [-0.1, -0.05) is 11.6 Å². The molecule has 1 atom stereocenters. The Balaban J connectivity index is 2.10. The highest BCUT2D eigenvalue weighted by Crippen LogP contribution is 2.33. The highest BCUT2D eigenvalue weighted by molar-refractivity contribution is 7.80. The molecule has 1 aliphatic rings. The first-order chi connectivity index (χ1) is 10.7. The van der Waals surface area contributed by atoms with Crippen LogP contribution in [0.25, 0.3) is 0 Å². The molecule has 1 aliphatic heterocycles. The Bertz CT molecular complexity index is 627. The monoisotopic (exact) mass is 367 g/mol. The van der Waals surface area contributed by atoms with Crippen molar-refractivity contribution >= 4 is 40.3 Å². The number of hydrogen-bond acceptors (Lipinski definition) is 3. The van der Waals surface area contributed by atoms with E-state index in [1.165, 1.54) is 23.1 Å². The normalized spacial score (nSPS) is 18.6. The summed E-state index contributed by atoms with van der Waals surface area (Å²) in [5.41, 5.74) is 0.00603. The lowest BCUT2D eigenvalue weighted by atomic mass is 9.98. The summed E-state index contributed by atoms with van der Waals surface area (Å²) in [6.07, 6.45) is -3.83. The fourth-order valence-corrected chi connectivity index (χ4v) is 2.79. The van der Waals surface area contributed by atoms with E-state index < -0.39 is 17.0 Å². The molecule has 1 heterocycles. The third kappa shape index (κ3) is 4.44. The van der Waals surface area contributed by atoms with Crippen LogP contribution >= 0.6 is 23.8 Å². The number of benzene rings is 1. The van der Waals surface area contributed by atoms with Gasteiger partial charge in [0.1, 0.15) is 0 Å². The molecule has 23 heavy (non-hydrogen) atoms. The predicted molar refractivity (Wildman–Crippen MR) is 84.7 cm³/mol. The maximum absolute atomic E-state index is 12.8. The van der Waals surface area contributed by atoms with E-state index in [0.717, 1.165) is 0 Å². The van der Waals surface area contributed by atoms with E-state index in [1.54, 1.807) is 0 Å². The molecule has 0 amide bonds. The quantitative estimate of drug-likeness (QED) is 0.482. The molecule has 0 spiro atoms. The van der Waals surface area contributed by atoms with E-state index in [-0.39, 0.29) is 34.5 Å². The number of nitro groups is 1. The molecule has 0 aromatic heterocycles. The van der Waals surface area contributed by atoms with Gasteiger partial charge in [0.15, 0.2) is 5.11 Å². The van der Waals surface area contributed by atoms with Crippen molar-refractivity contribution in [3.63, 3.8) is 0 Å². The molecule has 126 valence electrons. The zero-order valence-electron chi connectivity index (χ0n) is 11.8. The van der Waals surface area contributed by atoms with Crippen LogP contribution in [0.4, 0.5) is 24.5 Å². The first-order valence-electron chi connectivity index (χ1n) is 6.75. The molecule has 0 radical (unpaired) electrons. The number of alkyl halides is 3. The standard InChI is InChI=1S/C13H13ClF3N3O2S/c14-10-4-3-9(20(21)22)6-11(10)18-12(23)19-5-1-2-8(7-19)13(15,16)17/h3-4,6,8H,1-2,5,7H2,(H,18,23)/t8-/m1/s1. The lowest BCUT2D eigenvalue weighted by molar-refractivity contribution is -0.384. The number of nitro benzene ring substituents is 1. The summed E-state index contributed by atoms with van der Waals surface area (Å²) < 4.78 is 38.5. The summed E-state index contributed by atoms with van der Waals surface area (Å²) in [6.45, 7) is 0.160. The van der Waals surface area contributed by atoms with Crippen molar-refractivity contribution in [2.24, 2.45) is 5.92 Å². The average Bonchev–Trinajstić information content (AvgIpc) is 2.48. The van der Waals surface area contributed by atoms with Gasteiger partial charge in [-0.3, -0.25) is 10.1 Å². The Morgan fingerprint density at radius 3 is 2.78 bits per heavy atom. The van der Waals surface area contributed by atoms with Crippen molar-refractivity contribution in [2.75, 3.05) is 18.4 Å². The van der Waals surface area contributed by atoms with Gasteiger partial charge in [0.05, 0.1) is 21.6 Å². The maximum Gasteiger partial charge on any atom is 0.393 e. The van der Waals surface area contributed by atoms with Crippen LogP contribution in [0.5, 0.6) is 0 Å². The van der Waals surface area contributed by atoms with Gasteiger partial charge in [0.2, 0.25) is 0 Å². The van der Waals surface area contributed by atoms with Gasteiger partial charge in [0, 0.05) is 25.2 Å². The van der Waals surface area contributed by atoms with Crippen LogP contribution in [0.15, 0.2) is 18.2 Å². The number of likely N-dealkylation sites (tertiary alicyclic amines) is 1. The van der Waals surface area contributed by atoms with Crippen LogP contribution in [-0.4, -0.2) is 34.2 Å². The zero-order chi connectivity index (χ0) is 17.2. The van der Waals surface area contributed by atoms with E-state index >= 15 is 0 Å². The summed E-state index contributed by atoms with van der Waals surface area (Å²) in [5.74, 6) is -1.43. The molecule has 0 aliphatic carbocycles. The topological polar surface area (TPSA) is 58.4 Å². The number of hydrogen-bond donors (Lipinski definition) is 1. The van der Waals surface area contributed by atoms with Gasteiger partial charge in [0.25, 0.3) is 5.69 Å². The average molecular weight is 368 g/mol. The second kappa shape index (κ2) is 6.88. The van der Waals surface area contributed by atoms with Crippen molar-refractivity contribution in [2.45, 2.75) is 19.0 Å². The summed E-state index contributed by atoms with van der Waals surface area (Å²) in [7, 11) is 0. The van der Waals surface area contributed by atoms with Gasteiger partial charge in [-0.25, -0.2) is 0 Å². The van der Waals surface area contributed by atoms with Crippen molar-refractivity contribution in [3.8, 4) is 0 Å². The SMILES string of the molecule is O=[N+]([O-])c1ccc(Cl)c(NC(=S)N2CCC[C@@H](C(F)(F)F)C2)c1. The largest absolute Gasteiger partial charge is 0.393 e. The zero-order valence-corrected chi connectivity index (χ0v) is 13.3. The van der Waals surface area contributed by atoms with E-state index in [2.05, 4.69) is 5.32 Å². The van der Waals surface area contributed by atoms with Gasteiger partial charge < -0.3 is 10.2 Å². The predicted octanol–water partition coefficient (Wildman–Crippen LogP) is 4.22. The summed E-state index contributed by atoms with van der Waals surface area (Å²) in [6, 6.07) is 3.76. The number of non-ortho nitro benzene ring substituents is 1. The molecule has 0 saturated carbocycles. The van der Waals surface area contributed by atoms with E-state index in [1.807, 2.05) is 0 Å². The molecule has 0 bridgehead atoms. The third-order valence-corrected chi connectivity index (χ3v) is 4.26. The number of nitrogens with zero attached hydrogens (tertiary/aromatic N) is 2. The molecule has 1 aromatic rings. The summed E-state index contributed by atoms with van der Waals surface area (Å²) in [5, 5.41) is 13.7. The lowest BCUT2D eigenvalue weighted by Gasteiger charge is -2.35. The lowest BCUT2D eigenvalue weighted by Crippen LogP contribution is -2.46. The van der Waals surface area contributed by atoms with E-state index in [0.29, 0.717) is 13.0 Å². The van der Waals surface area contributed by atoms with Gasteiger partial charge in [-0.05, 0) is 31.1 Å². The van der Waals surface area contributed by atoms with Crippen LogP contribution in [0, 0.1) is 16.0 Å². The minimum Gasteiger partial charge on any atom is -0.348 e. The molecular weight excluding hydrogens is 355 g/mol. The minimum atomic E-state index is -4.27. The van der Waals surface area contributed by atoms with Crippen molar-refractivity contribution in [3.05, 3.63) is 33.3 Å². The van der Waals surface area contributed by atoms with Crippen molar-refractivity contribution < 1.29 is 18.1 Å². The molecule has 1 aromatic carbocycles. The molecule has 1 saturated heterocycles. The molecular formula is C13H13ClF3N3O2S. The first kappa shape index (κ1) is 17.7. The molecule has 5 nitrogen and oxygen atoms in total. The minimum absolute atomic E-state index is 0.0696. The summed E-state index contributed by atoms with van der Waals surface area (Å²) >= 11 is 11.1. The number of rotatable bonds is 2. The molecule has 1 fully saturated rings. The highest BCUT2D eigenvalue weighted by Gasteiger charge is 2.42. The molecule has 10 heteroatoms. The highest BCUT2D eigenvalue weighted by atomic mass is 35.5. The molecule has 0 unspecified atom stereocenters. The number of thiocarbonyl (C=S) groups is 1. The second-order valence-corrected chi connectivity index (χ2v) is 5.97. The maximum atomic E-state index is 12.8. The van der Waals surface area contributed by atoms with E-state index in [4.69, 9.17) is 23.8 Å². The number of piperidine rings is 1. The molecule has 1 N–H and O–H groups in total. The Labute approximate surface area is 140 Å². The Kier molecular flexibility index (Phi) is 5.30. The fourth-order valence-electron chi connectivity index (χ4n) is 2.35. The first-order valence-corrected chi connectivity index (χ1v) is 7.53. The fraction of sp³-hybridized carbons (Fsp3) is 0.462. The number of nitrogens with one attached hydrogen (secondary N) is 1. The summed E-state index contributed by atoms with van der Waals surface area (Å²) in [4.78, 5) is 11.6. The Morgan fingerprint density at radius 1 is 1.48 bits per heavy atom. The van der Waals surface area contributed by atoms with Crippen LogP contribution in [0.2, 0.25) is 5.02 Å². The Morgan fingerprint density at radius 2 is 2.17 bits per heavy atom. The van der Waals surface area contributed by atoms with Crippen LogP contribution in [0.3, 0.4) is 0 Å². The number of anilines is 1.